The van der Waals surface area contributed by atoms with Gasteiger partial charge < -0.3 is 19.2 Å². The van der Waals surface area contributed by atoms with Gasteiger partial charge in [0.25, 0.3) is 0 Å². The highest BCUT2D eigenvalue weighted by Gasteiger charge is 2.30. The number of hydrogen-bond donors (Lipinski definition) is 0. The number of methoxy groups -OCH3 is 2. The third-order valence-electron chi connectivity index (χ3n) is 5.18. The van der Waals surface area contributed by atoms with Crippen LogP contribution in [-0.2, 0) is 22.4 Å². The maximum Gasteiger partial charge on any atom is 0.416 e. The van der Waals surface area contributed by atoms with Crippen LogP contribution in [0.25, 0.3) is 0 Å². The number of benzene rings is 2. The molecule has 1 amide bonds. The minimum absolute atomic E-state index is 0.118. The number of hydrogen-bond acceptors (Lipinski definition) is 5. The van der Waals surface area contributed by atoms with Crippen molar-refractivity contribution < 1.29 is 32.3 Å². The lowest BCUT2D eigenvalue weighted by molar-refractivity contribution is -0.137. The van der Waals surface area contributed by atoms with Crippen molar-refractivity contribution in [1.29, 1.82) is 0 Å². The highest BCUT2D eigenvalue weighted by atomic mass is 19.4. The highest BCUT2D eigenvalue weighted by Crippen LogP contribution is 2.31. The highest BCUT2D eigenvalue weighted by molar-refractivity contribution is 6.01. The van der Waals surface area contributed by atoms with Gasteiger partial charge in [0.15, 0.2) is 17.6 Å². The molecule has 0 saturated heterocycles. The fourth-order valence-corrected chi connectivity index (χ4v) is 3.46. The van der Waals surface area contributed by atoms with E-state index in [9.17, 15) is 18.0 Å². The summed E-state index contributed by atoms with van der Waals surface area (Å²) in [5.74, 6) is 1.05. The van der Waals surface area contributed by atoms with Gasteiger partial charge in [-0.25, -0.2) is 0 Å². The van der Waals surface area contributed by atoms with Crippen LogP contribution in [0.15, 0.2) is 47.6 Å². The predicted molar refractivity (Wildman–Crippen MR) is 113 cm³/mol. The van der Waals surface area contributed by atoms with Crippen LogP contribution in [-0.4, -0.2) is 43.4 Å². The van der Waals surface area contributed by atoms with Crippen molar-refractivity contribution in [2.75, 3.05) is 20.8 Å². The zero-order chi connectivity index (χ0) is 23.3. The second-order valence-electron chi connectivity index (χ2n) is 7.36. The first-order valence-corrected chi connectivity index (χ1v) is 10.1. The molecule has 32 heavy (non-hydrogen) atoms. The Morgan fingerprint density at radius 3 is 2.41 bits per heavy atom. The second kappa shape index (κ2) is 9.93. The maximum absolute atomic E-state index is 12.8. The van der Waals surface area contributed by atoms with Crippen molar-refractivity contribution in [3.63, 3.8) is 0 Å². The van der Waals surface area contributed by atoms with Crippen molar-refractivity contribution in [2.24, 2.45) is 5.16 Å². The minimum atomic E-state index is -4.40. The molecule has 2 aromatic carbocycles. The number of carbonyl (C=O) groups excluding carboxylic acids is 1. The molecule has 1 aliphatic heterocycles. The third kappa shape index (κ3) is 5.52. The fourth-order valence-electron chi connectivity index (χ4n) is 3.46. The standard InChI is InChI=1S/C23H25F3N2O4/c1-4-22(29)28(13-15-5-8-17(9-6-15)23(24,25)26)14-18-12-19(27-32-18)16-7-10-20(30-2)21(11-16)31-3/h5-11,18H,4,12-14H2,1-3H3/t18-/m0/s1. The predicted octanol–water partition coefficient (Wildman–Crippen LogP) is 4.65. The average Bonchev–Trinajstić information content (AvgIpc) is 3.26. The van der Waals surface area contributed by atoms with E-state index in [1.165, 1.54) is 12.1 Å². The summed E-state index contributed by atoms with van der Waals surface area (Å²) in [4.78, 5) is 19.6. The number of rotatable bonds is 8. The van der Waals surface area contributed by atoms with Gasteiger partial charge in [0.05, 0.1) is 32.0 Å². The molecular formula is C23H25F3N2O4. The topological polar surface area (TPSA) is 60.4 Å². The Morgan fingerprint density at radius 1 is 1.12 bits per heavy atom. The van der Waals surface area contributed by atoms with Crippen LogP contribution in [0.5, 0.6) is 11.5 Å². The fraction of sp³-hybridized carbons (Fsp3) is 0.391. The Hall–Kier alpha value is -3.23. The molecule has 3 rings (SSSR count). The maximum atomic E-state index is 12.8. The van der Waals surface area contributed by atoms with Crippen LogP contribution in [0.4, 0.5) is 13.2 Å². The number of nitrogens with zero attached hydrogens (tertiary/aromatic N) is 2. The van der Waals surface area contributed by atoms with Gasteiger partial charge in [-0.05, 0) is 35.9 Å². The van der Waals surface area contributed by atoms with Gasteiger partial charge in [-0.15, -0.1) is 0 Å². The summed E-state index contributed by atoms with van der Waals surface area (Å²) < 4.78 is 49.0. The molecule has 2 aromatic rings. The van der Waals surface area contributed by atoms with Crippen LogP contribution in [0.1, 0.15) is 36.5 Å². The first kappa shape index (κ1) is 23.4. The number of amides is 1. The van der Waals surface area contributed by atoms with E-state index < -0.39 is 11.7 Å². The lowest BCUT2D eigenvalue weighted by Gasteiger charge is -2.24. The largest absolute Gasteiger partial charge is 0.493 e. The molecule has 0 saturated carbocycles. The summed E-state index contributed by atoms with van der Waals surface area (Å²) in [6.07, 6.45) is -4.00. The van der Waals surface area contributed by atoms with Gasteiger partial charge >= 0.3 is 6.18 Å². The minimum Gasteiger partial charge on any atom is -0.493 e. The Morgan fingerprint density at radius 2 is 1.81 bits per heavy atom. The van der Waals surface area contributed by atoms with Crippen LogP contribution in [0, 0.1) is 0 Å². The van der Waals surface area contributed by atoms with Gasteiger partial charge in [0.2, 0.25) is 5.91 Å². The Kier molecular flexibility index (Phi) is 7.27. The van der Waals surface area contributed by atoms with Gasteiger partial charge in [0, 0.05) is 24.9 Å². The lowest BCUT2D eigenvalue weighted by atomic mass is 10.0. The summed E-state index contributed by atoms with van der Waals surface area (Å²) in [6, 6.07) is 10.3. The molecule has 0 spiro atoms. The van der Waals surface area contributed by atoms with Gasteiger partial charge in [0.1, 0.15) is 0 Å². The molecule has 1 heterocycles. The molecule has 6 nitrogen and oxygen atoms in total. The lowest BCUT2D eigenvalue weighted by Crippen LogP contribution is -2.36. The SMILES string of the molecule is CCC(=O)N(Cc1ccc(C(F)(F)F)cc1)C[C@@H]1CC(c2ccc(OC)c(OC)c2)=NO1. The number of oxime groups is 1. The summed E-state index contributed by atoms with van der Waals surface area (Å²) in [7, 11) is 3.10. The molecule has 0 N–H and O–H groups in total. The van der Waals surface area contributed by atoms with E-state index in [-0.39, 0.29) is 31.5 Å². The van der Waals surface area contributed by atoms with E-state index in [2.05, 4.69) is 5.16 Å². The molecule has 0 aromatic heterocycles. The number of ether oxygens (including phenoxy) is 2. The second-order valence-corrected chi connectivity index (χ2v) is 7.36. The Bertz CT molecular complexity index is 974. The van der Waals surface area contributed by atoms with Crippen molar-refractivity contribution >= 4 is 11.6 Å². The van der Waals surface area contributed by atoms with Crippen molar-refractivity contribution in [2.45, 2.75) is 38.6 Å². The molecule has 0 unspecified atom stereocenters. The zero-order valence-corrected chi connectivity index (χ0v) is 18.1. The first-order chi connectivity index (χ1) is 15.2. The van der Waals surface area contributed by atoms with Gasteiger partial charge in [-0.3, -0.25) is 4.79 Å². The number of halogens is 3. The molecule has 0 radical (unpaired) electrons. The van der Waals surface area contributed by atoms with E-state index in [1.807, 2.05) is 6.07 Å². The molecule has 9 heteroatoms. The van der Waals surface area contributed by atoms with Gasteiger partial charge in [-0.1, -0.05) is 24.2 Å². The summed E-state index contributed by atoms with van der Waals surface area (Å²) in [5, 5.41) is 4.16. The van der Waals surface area contributed by atoms with Crippen molar-refractivity contribution in [1.82, 2.24) is 4.90 Å². The molecule has 0 aliphatic carbocycles. The quantitative estimate of drug-likeness (QED) is 0.587. The van der Waals surface area contributed by atoms with E-state index in [4.69, 9.17) is 14.3 Å². The van der Waals surface area contributed by atoms with Crippen molar-refractivity contribution in [3.8, 4) is 11.5 Å². The molecule has 0 bridgehead atoms. The smallest absolute Gasteiger partial charge is 0.416 e. The molecule has 1 atom stereocenters. The van der Waals surface area contributed by atoms with E-state index in [0.717, 1.165) is 23.4 Å². The van der Waals surface area contributed by atoms with Crippen LogP contribution < -0.4 is 9.47 Å². The summed E-state index contributed by atoms with van der Waals surface area (Å²) in [5.41, 5.74) is 1.43. The molecule has 0 fully saturated rings. The number of carbonyl (C=O) groups is 1. The van der Waals surface area contributed by atoms with E-state index in [1.54, 1.807) is 38.2 Å². The normalized spacial score (nSPS) is 15.7. The monoisotopic (exact) mass is 450 g/mol. The van der Waals surface area contributed by atoms with Crippen molar-refractivity contribution in [3.05, 3.63) is 59.2 Å². The zero-order valence-electron chi connectivity index (χ0n) is 18.1. The molecule has 1 aliphatic rings. The summed E-state index contributed by atoms with van der Waals surface area (Å²) >= 11 is 0. The molecule has 172 valence electrons. The van der Waals surface area contributed by atoms with Crippen LogP contribution in [0.3, 0.4) is 0 Å². The van der Waals surface area contributed by atoms with Gasteiger partial charge in [-0.2, -0.15) is 13.2 Å². The van der Waals surface area contributed by atoms with E-state index >= 15 is 0 Å². The average molecular weight is 450 g/mol. The van der Waals surface area contributed by atoms with Crippen LogP contribution >= 0.6 is 0 Å². The Balaban J connectivity index is 1.67. The first-order valence-electron chi connectivity index (χ1n) is 10.1. The van der Waals surface area contributed by atoms with Crippen LogP contribution in [0.2, 0.25) is 0 Å². The third-order valence-corrected chi connectivity index (χ3v) is 5.18. The molecular weight excluding hydrogens is 425 g/mol. The number of alkyl halides is 3. The Labute approximate surface area is 184 Å². The van der Waals surface area contributed by atoms with E-state index in [0.29, 0.717) is 23.5 Å². The summed E-state index contributed by atoms with van der Waals surface area (Å²) in [6.45, 7) is 2.20.